The van der Waals surface area contributed by atoms with E-state index in [0.29, 0.717) is 0 Å². The summed E-state index contributed by atoms with van der Waals surface area (Å²) in [5.74, 6) is 0.350. The van der Waals surface area contributed by atoms with Gasteiger partial charge in [-0.15, -0.1) is 5.10 Å². The summed E-state index contributed by atoms with van der Waals surface area (Å²) in [6.45, 7) is 7.94. The second-order valence-corrected chi connectivity index (χ2v) is 6.23. The third-order valence-electron chi connectivity index (χ3n) is 3.49. The monoisotopic (exact) mass is 263 g/mol. The van der Waals surface area contributed by atoms with Gasteiger partial charge in [0.2, 0.25) is 0 Å². The fourth-order valence-electron chi connectivity index (χ4n) is 2.35. The fraction of sp³-hybridized carbons (Fsp3) is 0.643. The Morgan fingerprint density at radius 1 is 1.42 bits per heavy atom. The van der Waals surface area contributed by atoms with Crippen molar-refractivity contribution in [1.29, 1.82) is 0 Å². The lowest BCUT2D eigenvalue weighted by Gasteiger charge is -2.20. The van der Waals surface area contributed by atoms with Gasteiger partial charge >= 0.3 is 5.97 Å². The summed E-state index contributed by atoms with van der Waals surface area (Å²) < 4.78 is 0. The summed E-state index contributed by atoms with van der Waals surface area (Å²) in [6.07, 6.45) is 1.15. The zero-order valence-electron chi connectivity index (χ0n) is 11.8. The third-order valence-corrected chi connectivity index (χ3v) is 3.49. The summed E-state index contributed by atoms with van der Waals surface area (Å²) >= 11 is 0. The molecule has 0 amide bonds. The Balaban J connectivity index is 2.02. The number of anilines is 1. The van der Waals surface area contributed by atoms with Gasteiger partial charge in [0.15, 0.2) is 5.82 Å². The topological polar surface area (TPSA) is 66.3 Å². The lowest BCUT2D eigenvalue weighted by atomic mass is 9.92. The zero-order chi connectivity index (χ0) is 14.0. The van der Waals surface area contributed by atoms with Gasteiger partial charge in [0.1, 0.15) is 0 Å². The largest absolute Gasteiger partial charge is 0.481 e. The Hall–Kier alpha value is -1.65. The first-order valence-corrected chi connectivity index (χ1v) is 6.67. The van der Waals surface area contributed by atoms with Crippen LogP contribution in [-0.2, 0) is 10.2 Å². The van der Waals surface area contributed by atoms with Crippen LogP contribution in [0.4, 0.5) is 5.82 Å². The van der Waals surface area contributed by atoms with E-state index in [1.165, 1.54) is 0 Å². The van der Waals surface area contributed by atoms with Gasteiger partial charge in [-0.05, 0) is 24.5 Å². The van der Waals surface area contributed by atoms with E-state index in [-0.39, 0.29) is 17.8 Å². The molecule has 2 heterocycles. The van der Waals surface area contributed by atoms with Crippen molar-refractivity contribution in [2.75, 3.05) is 18.0 Å². The molecule has 1 fully saturated rings. The summed E-state index contributed by atoms with van der Waals surface area (Å²) in [5.41, 5.74) is 0.972. The molecule has 1 saturated heterocycles. The van der Waals surface area contributed by atoms with Crippen LogP contribution in [0.1, 0.15) is 39.3 Å². The van der Waals surface area contributed by atoms with Gasteiger partial charge in [-0.2, -0.15) is 5.10 Å². The second kappa shape index (κ2) is 5.15. The molecular formula is C14H21N3O2. The van der Waals surface area contributed by atoms with Crippen molar-refractivity contribution in [1.82, 2.24) is 10.2 Å². The van der Waals surface area contributed by atoms with Crippen molar-refractivity contribution in [3.63, 3.8) is 0 Å². The molecule has 1 N–H and O–H groups in total. The van der Waals surface area contributed by atoms with Crippen molar-refractivity contribution in [3.05, 3.63) is 17.8 Å². The van der Waals surface area contributed by atoms with Crippen molar-refractivity contribution >= 4 is 11.8 Å². The Kier molecular flexibility index (Phi) is 3.73. The Morgan fingerprint density at radius 2 is 2.16 bits per heavy atom. The minimum absolute atomic E-state index is 0.00236. The highest BCUT2D eigenvalue weighted by molar-refractivity contribution is 5.67. The smallest absolute Gasteiger partial charge is 0.303 e. The molecule has 5 nitrogen and oxygen atoms in total. The minimum Gasteiger partial charge on any atom is -0.481 e. The average Bonchev–Trinajstić information content (AvgIpc) is 2.75. The molecule has 0 bridgehead atoms. The van der Waals surface area contributed by atoms with E-state index < -0.39 is 5.97 Å². The maximum absolute atomic E-state index is 10.7. The number of hydrogen-bond donors (Lipinski definition) is 1. The standard InChI is InChI=1S/C14H21N3O2/c1-14(2,3)11-4-5-12(16-15-11)17-7-6-10(9-17)8-13(18)19/h4-5,10H,6-9H2,1-3H3,(H,18,19). The number of carbonyl (C=O) groups is 1. The summed E-state index contributed by atoms with van der Waals surface area (Å²) in [7, 11) is 0. The molecule has 1 aromatic heterocycles. The van der Waals surface area contributed by atoms with Crippen molar-refractivity contribution in [3.8, 4) is 0 Å². The fourth-order valence-corrected chi connectivity index (χ4v) is 2.35. The number of nitrogens with zero attached hydrogens (tertiary/aromatic N) is 3. The highest BCUT2D eigenvalue weighted by Crippen LogP contribution is 2.25. The molecule has 19 heavy (non-hydrogen) atoms. The Labute approximate surface area is 113 Å². The van der Waals surface area contributed by atoms with E-state index in [1.54, 1.807) is 0 Å². The lowest BCUT2D eigenvalue weighted by molar-refractivity contribution is -0.137. The SMILES string of the molecule is CC(C)(C)c1ccc(N2CCC(CC(=O)O)C2)nn1. The predicted octanol–water partition coefficient (Wildman–Crippen LogP) is 2.08. The Bertz CT molecular complexity index is 451. The van der Waals surface area contributed by atoms with Gasteiger partial charge < -0.3 is 10.0 Å². The Morgan fingerprint density at radius 3 is 2.68 bits per heavy atom. The first kappa shape index (κ1) is 13.8. The molecule has 0 saturated carbocycles. The molecule has 1 aliphatic rings. The highest BCUT2D eigenvalue weighted by atomic mass is 16.4. The van der Waals surface area contributed by atoms with Crippen molar-refractivity contribution in [2.24, 2.45) is 5.92 Å². The van der Waals surface area contributed by atoms with Crippen LogP contribution in [0, 0.1) is 5.92 Å². The van der Waals surface area contributed by atoms with Crippen LogP contribution in [0.3, 0.4) is 0 Å². The highest BCUT2D eigenvalue weighted by Gasteiger charge is 2.26. The molecule has 1 atom stereocenters. The van der Waals surface area contributed by atoms with E-state index in [4.69, 9.17) is 5.11 Å². The number of carboxylic acids is 1. The van der Waals surface area contributed by atoms with E-state index in [1.807, 2.05) is 12.1 Å². The van der Waals surface area contributed by atoms with Crippen LogP contribution >= 0.6 is 0 Å². The van der Waals surface area contributed by atoms with Crippen LogP contribution in [0.25, 0.3) is 0 Å². The van der Waals surface area contributed by atoms with Gasteiger partial charge in [-0.1, -0.05) is 20.8 Å². The second-order valence-electron chi connectivity index (χ2n) is 6.23. The molecule has 1 aromatic rings. The average molecular weight is 263 g/mol. The predicted molar refractivity (Wildman–Crippen MR) is 73.3 cm³/mol. The summed E-state index contributed by atoms with van der Waals surface area (Å²) in [4.78, 5) is 12.8. The molecule has 5 heteroatoms. The summed E-state index contributed by atoms with van der Waals surface area (Å²) in [6, 6.07) is 3.99. The number of aliphatic carboxylic acids is 1. The number of aromatic nitrogens is 2. The number of carboxylic acid groups (broad SMARTS) is 1. The van der Waals surface area contributed by atoms with Crippen LogP contribution < -0.4 is 4.90 Å². The normalized spacial score (nSPS) is 19.7. The minimum atomic E-state index is -0.721. The van der Waals surface area contributed by atoms with E-state index in [2.05, 4.69) is 35.9 Å². The van der Waals surface area contributed by atoms with E-state index in [9.17, 15) is 4.79 Å². The summed E-state index contributed by atoms with van der Waals surface area (Å²) in [5, 5.41) is 17.4. The van der Waals surface area contributed by atoms with Gasteiger partial charge in [0.25, 0.3) is 0 Å². The van der Waals surface area contributed by atoms with Crippen LogP contribution in [-0.4, -0.2) is 34.4 Å². The van der Waals surface area contributed by atoms with Crippen molar-refractivity contribution < 1.29 is 9.90 Å². The van der Waals surface area contributed by atoms with Gasteiger partial charge in [-0.3, -0.25) is 4.79 Å². The number of hydrogen-bond acceptors (Lipinski definition) is 4. The number of rotatable bonds is 3. The molecular weight excluding hydrogens is 242 g/mol. The first-order valence-electron chi connectivity index (χ1n) is 6.67. The van der Waals surface area contributed by atoms with Crippen molar-refractivity contribution in [2.45, 2.75) is 39.0 Å². The van der Waals surface area contributed by atoms with Crippen LogP contribution in [0.2, 0.25) is 0 Å². The van der Waals surface area contributed by atoms with Crippen LogP contribution in [0.15, 0.2) is 12.1 Å². The maximum Gasteiger partial charge on any atom is 0.303 e. The third kappa shape index (κ3) is 3.43. The maximum atomic E-state index is 10.7. The molecule has 1 unspecified atom stereocenters. The molecule has 104 valence electrons. The molecule has 0 aromatic carbocycles. The zero-order valence-corrected chi connectivity index (χ0v) is 11.8. The van der Waals surface area contributed by atoms with E-state index >= 15 is 0 Å². The molecule has 2 rings (SSSR count). The first-order chi connectivity index (χ1) is 8.86. The molecule has 0 aliphatic carbocycles. The quantitative estimate of drug-likeness (QED) is 0.904. The van der Waals surface area contributed by atoms with E-state index in [0.717, 1.165) is 31.0 Å². The van der Waals surface area contributed by atoms with Gasteiger partial charge in [0, 0.05) is 24.9 Å². The molecule has 1 aliphatic heterocycles. The lowest BCUT2D eigenvalue weighted by Crippen LogP contribution is -2.23. The van der Waals surface area contributed by atoms with Gasteiger partial charge in [-0.25, -0.2) is 0 Å². The molecule has 0 radical (unpaired) electrons. The molecule has 0 spiro atoms. The van der Waals surface area contributed by atoms with Gasteiger partial charge in [0.05, 0.1) is 5.69 Å². The van der Waals surface area contributed by atoms with Crippen LogP contribution in [0.5, 0.6) is 0 Å².